The number of ether oxygens (including phenoxy) is 1. The van der Waals surface area contributed by atoms with E-state index in [2.05, 4.69) is 15.5 Å². The number of anilines is 1. The number of aryl methyl sites for hydroxylation is 1. The van der Waals surface area contributed by atoms with Crippen LogP contribution < -0.4 is 10.1 Å². The zero-order valence-corrected chi connectivity index (χ0v) is 19.9. The maximum absolute atomic E-state index is 12.6. The van der Waals surface area contributed by atoms with Crippen molar-refractivity contribution in [2.24, 2.45) is 0 Å². The number of nitrogens with one attached hydrogen (secondary N) is 1. The zero-order valence-electron chi connectivity index (χ0n) is 19.1. The molecular formula is C26H24N4O3S. The lowest BCUT2D eigenvalue weighted by Gasteiger charge is -2.11. The molecule has 0 saturated carbocycles. The fourth-order valence-corrected chi connectivity index (χ4v) is 4.11. The van der Waals surface area contributed by atoms with Crippen molar-refractivity contribution in [1.29, 1.82) is 0 Å². The Bertz CT molecular complexity index is 1310. The summed E-state index contributed by atoms with van der Waals surface area (Å²) in [6, 6.07) is 22.5. The predicted molar refractivity (Wildman–Crippen MR) is 134 cm³/mol. The average Bonchev–Trinajstić information content (AvgIpc) is 3.27. The molecule has 1 amide bonds. The van der Waals surface area contributed by atoms with Crippen molar-refractivity contribution < 1.29 is 14.3 Å². The second-order valence-corrected chi connectivity index (χ2v) is 8.62. The molecule has 34 heavy (non-hydrogen) atoms. The summed E-state index contributed by atoms with van der Waals surface area (Å²) in [5, 5.41) is 12.3. The molecule has 0 fully saturated rings. The van der Waals surface area contributed by atoms with Crippen molar-refractivity contribution in [3.8, 4) is 22.8 Å². The topological polar surface area (TPSA) is 86.1 Å². The monoisotopic (exact) mass is 472 g/mol. The fraction of sp³-hybridized carbons (Fsp3) is 0.154. The Morgan fingerprint density at radius 2 is 1.74 bits per heavy atom. The summed E-state index contributed by atoms with van der Waals surface area (Å²) in [7, 11) is 1.62. The van der Waals surface area contributed by atoms with Crippen molar-refractivity contribution in [1.82, 2.24) is 14.8 Å². The van der Waals surface area contributed by atoms with Gasteiger partial charge >= 0.3 is 0 Å². The highest BCUT2D eigenvalue weighted by molar-refractivity contribution is 7.99. The van der Waals surface area contributed by atoms with Gasteiger partial charge in [-0.3, -0.25) is 14.2 Å². The van der Waals surface area contributed by atoms with Crippen molar-refractivity contribution in [3.05, 3.63) is 83.9 Å². The number of nitrogens with zero attached hydrogens (tertiary/aromatic N) is 3. The van der Waals surface area contributed by atoms with E-state index in [1.54, 1.807) is 31.4 Å². The molecular weight excluding hydrogens is 448 g/mol. The van der Waals surface area contributed by atoms with Gasteiger partial charge in [0, 0.05) is 22.5 Å². The van der Waals surface area contributed by atoms with Crippen LogP contribution in [0.1, 0.15) is 22.8 Å². The van der Waals surface area contributed by atoms with E-state index < -0.39 is 0 Å². The number of benzene rings is 3. The van der Waals surface area contributed by atoms with Gasteiger partial charge in [0.15, 0.2) is 16.8 Å². The summed E-state index contributed by atoms with van der Waals surface area (Å²) in [6.07, 6.45) is 0. The number of Topliss-reactive ketones (excluding diaryl/α,β-unsaturated/α-hetero) is 1. The lowest BCUT2D eigenvalue weighted by Crippen LogP contribution is -2.14. The molecule has 8 heteroatoms. The van der Waals surface area contributed by atoms with Crippen LogP contribution in [0.5, 0.6) is 5.75 Å². The van der Waals surface area contributed by atoms with Crippen molar-refractivity contribution in [2.45, 2.75) is 19.0 Å². The zero-order chi connectivity index (χ0) is 24.1. The molecule has 1 aromatic heterocycles. The van der Waals surface area contributed by atoms with Crippen molar-refractivity contribution in [2.75, 3.05) is 18.2 Å². The smallest absolute Gasteiger partial charge is 0.234 e. The van der Waals surface area contributed by atoms with Crippen LogP contribution in [0.2, 0.25) is 0 Å². The van der Waals surface area contributed by atoms with E-state index in [-0.39, 0.29) is 17.4 Å². The number of hydrogen-bond acceptors (Lipinski definition) is 6. The molecule has 0 unspecified atom stereocenters. The minimum atomic E-state index is -0.179. The number of methoxy groups -OCH3 is 1. The first-order valence-corrected chi connectivity index (χ1v) is 11.6. The quantitative estimate of drug-likeness (QED) is 0.281. The summed E-state index contributed by atoms with van der Waals surface area (Å²) >= 11 is 1.30. The van der Waals surface area contributed by atoms with Crippen LogP contribution in [0.4, 0.5) is 5.69 Å². The predicted octanol–water partition coefficient (Wildman–Crippen LogP) is 5.18. The van der Waals surface area contributed by atoms with E-state index in [1.165, 1.54) is 18.7 Å². The first kappa shape index (κ1) is 23.3. The lowest BCUT2D eigenvalue weighted by atomic mass is 10.1. The number of thioether (sulfide) groups is 1. The van der Waals surface area contributed by atoms with Crippen LogP contribution in [0.25, 0.3) is 17.1 Å². The summed E-state index contributed by atoms with van der Waals surface area (Å²) in [4.78, 5) is 24.0. The van der Waals surface area contributed by atoms with E-state index in [0.717, 1.165) is 22.6 Å². The number of amides is 1. The van der Waals surface area contributed by atoms with Gasteiger partial charge in [-0.05, 0) is 62.4 Å². The van der Waals surface area contributed by atoms with Gasteiger partial charge in [0.2, 0.25) is 5.91 Å². The van der Waals surface area contributed by atoms with Gasteiger partial charge < -0.3 is 10.1 Å². The SMILES string of the molecule is COc1cccc(-c2nnc(SCC(=O)Nc3ccc(C(C)=O)cc3)n2-c2ccc(C)cc2)c1. The average molecular weight is 473 g/mol. The van der Waals surface area contributed by atoms with Crippen LogP contribution in [-0.4, -0.2) is 39.3 Å². The second-order valence-electron chi connectivity index (χ2n) is 7.68. The first-order valence-electron chi connectivity index (χ1n) is 10.6. The van der Waals surface area contributed by atoms with Gasteiger partial charge in [0.25, 0.3) is 0 Å². The molecule has 0 spiro atoms. The Morgan fingerprint density at radius 1 is 1.00 bits per heavy atom. The van der Waals surface area contributed by atoms with E-state index >= 15 is 0 Å². The van der Waals surface area contributed by atoms with Crippen molar-refractivity contribution in [3.63, 3.8) is 0 Å². The minimum Gasteiger partial charge on any atom is -0.497 e. The molecule has 4 aromatic rings. The highest BCUT2D eigenvalue weighted by Gasteiger charge is 2.18. The molecule has 0 atom stereocenters. The molecule has 0 radical (unpaired) electrons. The van der Waals surface area contributed by atoms with Gasteiger partial charge in [-0.25, -0.2) is 0 Å². The van der Waals surface area contributed by atoms with Gasteiger partial charge in [0.05, 0.1) is 12.9 Å². The van der Waals surface area contributed by atoms with Crippen LogP contribution >= 0.6 is 11.8 Å². The first-order chi connectivity index (χ1) is 16.4. The maximum atomic E-state index is 12.6. The van der Waals surface area contributed by atoms with E-state index in [9.17, 15) is 9.59 Å². The third-order valence-electron chi connectivity index (χ3n) is 5.16. The summed E-state index contributed by atoms with van der Waals surface area (Å²) in [5.41, 5.74) is 4.13. The second kappa shape index (κ2) is 10.4. The lowest BCUT2D eigenvalue weighted by molar-refractivity contribution is -0.113. The Labute approximate surface area is 202 Å². The number of carbonyl (C=O) groups is 2. The molecule has 0 aliphatic carbocycles. The van der Waals surface area contributed by atoms with Crippen LogP contribution in [0, 0.1) is 6.92 Å². The Morgan fingerprint density at radius 3 is 2.41 bits per heavy atom. The summed E-state index contributed by atoms with van der Waals surface area (Å²) in [6.45, 7) is 3.54. The van der Waals surface area contributed by atoms with E-state index in [1.807, 2.05) is 60.0 Å². The third kappa shape index (κ3) is 5.35. The molecule has 4 rings (SSSR count). The highest BCUT2D eigenvalue weighted by Crippen LogP contribution is 2.30. The Hall–Kier alpha value is -3.91. The number of aromatic nitrogens is 3. The Balaban J connectivity index is 1.57. The third-order valence-corrected chi connectivity index (χ3v) is 6.09. The standard InChI is InChI=1S/C26H24N4O3S/c1-17-7-13-22(14-8-17)30-25(20-5-4-6-23(15-20)33-3)28-29-26(30)34-16-24(32)27-21-11-9-19(10-12-21)18(2)31/h4-15H,16H2,1-3H3,(H,27,32). The fourth-order valence-electron chi connectivity index (χ4n) is 3.35. The minimum absolute atomic E-state index is 0.0179. The van der Waals surface area contributed by atoms with Crippen LogP contribution in [0.3, 0.4) is 0 Å². The molecule has 0 aliphatic heterocycles. The molecule has 7 nitrogen and oxygen atoms in total. The molecule has 0 aliphatic rings. The molecule has 172 valence electrons. The largest absolute Gasteiger partial charge is 0.497 e. The Kier molecular flexibility index (Phi) is 7.08. The molecule has 0 saturated heterocycles. The normalized spacial score (nSPS) is 10.7. The van der Waals surface area contributed by atoms with Gasteiger partial charge in [0.1, 0.15) is 5.75 Å². The number of rotatable bonds is 8. The van der Waals surface area contributed by atoms with Crippen LogP contribution in [0.15, 0.2) is 78.0 Å². The number of ketones is 1. The number of carbonyl (C=O) groups excluding carboxylic acids is 2. The highest BCUT2D eigenvalue weighted by atomic mass is 32.2. The molecule has 3 aromatic carbocycles. The van der Waals surface area contributed by atoms with E-state index in [4.69, 9.17) is 4.74 Å². The van der Waals surface area contributed by atoms with Crippen LogP contribution in [-0.2, 0) is 4.79 Å². The molecule has 0 bridgehead atoms. The summed E-state index contributed by atoms with van der Waals surface area (Å²) in [5.74, 6) is 1.33. The van der Waals surface area contributed by atoms with Gasteiger partial charge in [-0.15, -0.1) is 10.2 Å². The van der Waals surface area contributed by atoms with E-state index in [0.29, 0.717) is 22.2 Å². The number of hydrogen-bond donors (Lipinski definition) is 1. The van der Waals surface area contributed by atoms with Gasteiger partial charge in [-0.1, -0.05) is 41.6 Å². The summed E-state index contributed by atoms with van der Waals surface area (Å²) < 4.78 is 7.30. The maximum Gasteiger partial charge on any atom is 0.234 e. The molecule has 1 N–H and O–H groups in total. The van der Waals surface area contributed by atoms with Crippen molar-refractivity contribution >= 4 is 29.1 Å². The van der Waals surface area contributed by atoms with Gasteiger partial charge in [-0.2, -0.15) is 0 Å². The molecule has 1 heterocycles.